The molecule has 1 aromatic heterocycles. The van der Waals surface area contributed by atoms with Gasteiger partial charge in [-0.25, -0.2) is 0 Å². The maximum atomic E-state index is 9.48. The highest BCUT2D eigenvalue weighted by molar-refractivity contribution is 6.31. The summed E-state index contributed by atoms with van der Waals surface area (Å²) in [4.78, 5) is 0. The number of nitrogens with zero attached hydrogens (tertiary/aromatic N) is 2. The van der Waals surface area contributed by atoms with Gasteiger partial charge in [0.05, 0.1) is 23.5 Å². The van der Waals surface area contributed by atoms with Crippen LogP contribution in [0.25, 0.3) is 0 Å². The van der Waals surface area contributed by atoms with Crippen LogP contribution in [0.1, 0.15) is 25.5 Å². The molecular weight excluding hydrogens is 252 g/mol. The van der Waals surface area contributed by atoms with Gasteiger partial charge in [-0.3, -0.25) is 4.68 Å². The molecule has 0 aliphatic heterocycles. The highest BCUT2D eigenvalue weighted by atomic mass is 35.5. The number of hydrogen-bond acceptors (Lipinski definition) is 3. The van der Waals surface area contributed by atoms with Crippen molar-refractivity contribution in [3.63, 3.8) is 0 Å². The molecule has 1 aromatic carbocycles. The summed E-state index contributed by atoms with van der Waals surface area (Å²) in [5.74, 6) is 1.29. The number of aromatic nitrogens is 2. The van der Waals surface area contributed by atoms with E-state index in [9.17, 15) is 5.11 Å². The van der Waals surface area contributed by atoms with E-state index in [2.05, 4.69) is 5.10 Å². The van der Waals surface area contributed by atoms with E-state index >= 15 is 0 Å². The summed E-state index contributed by atoms with van der Waals surface area (Å²) in [6.07, 6.45) is 2.88. The molecule has 0 fully saturated rings. The number of benzene rings is 1. The van der Waals surface area contributed by atoms with Crippen molar-refractivity contribution in [3.8, 4) is 11.5 Å². The summed E-state index contributed by atoms with van der Waals surface area (Å²) in [6.45, 7) is 4.48. The molecular formula is C13H15ClN2O2. The summed E-state index contributed by atoms with van der Waals surface area (Å²) in [6, 6.07) is 5.22. The zero-order valence-corrected chi connectivity index (χ0v) is 11.1. The van der Waals surface area contributed by atoms with E-state index in [0.29, 0.717) is 22.1 Å². The summed E-state index contributed by atoms with van der Waals surface area (Å²) >= 11 is 6.06. The van der Waals surface area contributed by atoms with E-state index in [-0.39, 0.29) is 0 Å². The van der Waals surface area contributed by atoms with Crippen molar-refractivity contribution in [1.29, 1.82) is 0 Å². The molecule has 0 bridgehead atoms. The van der Waals surface area contributed by atoms with E-state index in [0.717, 1.165) is 6.54 Å². The monoisotopic (exact) mass is 266 g/mol. The predicted octanol–water partition coefficient (Wildman–Crippen LogP) is 3.40. The lowest BCUT2D eigenvalue weighted by Gasteiger charge is -2.09. The second kappa shape index (κ2) is 5.42. The van der Waals surface area contributed by atoms with Crippen molar-refractivity contribution in [3.05, 3.63) is 41.2 Å². The van der Waals surface area contributed by atoms with Crippen LogP contribution in [0.5, 0.6) is 11.5 Å². The van der Waals surface area contributed by atoms with Crippen LogP contribution in [-0.2, 0) is 6.54 Å². The number of halogens is 1. The lowest BCUT2D eigenvalue weighted by molar-refractivity contribution is 0.199. The Morgan fingerprint density at radius 2 is 2.22 bits per heavy atom. The zero-order valence-electron chi connectivity index (χ0n) is 10.3. The fraction of sp³-hybridized carbons (Fsp3) is 0.308. The second-order valence-corrected chi connectivity index (χ2v) is 4.40. The first kappa shape index (κ1) is 12.9. The summed E-state index contributed by atoms with van der Waals surface area (Å²) < 4.78 is 7.41. The normalized spacial score (nSPS) is 12.4. The molecule has 0 saturated heterocycles. The van der Waals surface area contributed by atoms with E-state index < -0.39 is 6.10 Å². The van der Waals surface area contributed by atoms with Gasteiger partial charge in [-0.1, -0.05) is 17.7 Å². The first-order chi connectivity index (χ1) is 8.60. The quantitative estimate of drug-likeness (QED) is 0.923. The second-order valence-electron chi connectivity index (χ2n) is 3.99. The first-order valence-corrected chi connectivity index (χ1v) is 6.15. The Bertz CT molecular complexity index is 538. The Morgan fingerprint density at radius 1 is 1.44 bits per heavy atom. The van der Waals surface area contributed by atoms with Gasteiger partial charge in [0.25, 0.3) is 0 Å². The van der Waals surface area contributed by atoms with Gasteiger partial charge in [0.1, 0.15) is 5.75 Å². The topological polar surface area (TPSA) is 47.3 Å². The third-order valence-electron chi connectivity index (χ3n) is 2.59. The third kappa shape index (κ3) is 2.83. The molecule has 0 aliphatic rings. The van der Waals surface area contributed by atoms with Crippen LogP contribution < -0.4 is 4.74 Å². The largest absolute Gasteiger partial charge is 0.454 e. The number of hydrogen-bond donors (Lipinski definition) is 1. The first-order valence-electron chi connectivity index (χ1n) is 5.78. The van der Waals surface area contributed by atoms with Crippen molar-refractivity contribution >= 4 is 11.6 Å². The maximum Gasteiger partial charge on any atom is 0.165 e. The smallest absolute Gasteiger partial charge is 0.165 e. The SMILES string of the molecule is CCn1cc(Oc2ccc(C(C)O)c(Cl)c2)cn1. The molecule has 4 nitrogen and oxygen atoms in total. The minimum Gasteiger partial charge on any atom is -0.454 e. The lowest BCUT2D eigenvalue weighted by atomic mass is 10.1. The van der Waals surface area contributed by atoms with Crippen LogP contribution >= 0.6 is 11.6 Å². The van der Waals surface area contributed by atoms with Crippen LogP contribution in [0.2, 0.25) is 5.02 Å². The Kier molecular flexibility index (Phi) is 3.89. The molecule has 0 saturated carbocycles. The Morgan fingerprint density at radius 3 is 2.78 bits per heavy atom. The number of aryl methyl sites for hydroxylation is 1. The summed E-state index contributed by atoms with van der Waals surface area (Å²) in [5, 5.41) is 14.1. The minimum atomic E-state index is -0.589. The van der Waals surface area contributed by atoms with Gasteiger partial charge in [-0.2, -0.15) is 5.10 Å². The fourth-order valence-corrected chi connectivity index (χ4v) is 1.94. The highest BCUT2D eigenvalue weighted by Crippen LogP contribution is 2.29. The molecule has 5 heteroatoms. The fourth-order valence-electron chi connectivity index (χ4n) is 1.62. The molecule has 1 heterocycles. The third-order valence-corrected chi connectivity index (χ3v) is 2.92. The average molecular weight is 267 g/mol. The Hall–Kier alpha value is -1.52. The minimum absolute atomic E-state index is 0.491. The molecule has 0 aliphatic carbocycles. The maximum absolute atomic E-state index is 9.48. The van der Waals surface area contributed by atoms with Crippen LogP contribution in [0, 0.1) is 0 Å². The zero-order chi connectivity index (χ0) is 13.1. The van der Waals surface area contributed by atoms with Crippen molar-refractivity contribution in [2.45, 2.75) is 26.5 Å². The van der Waals surface area contributed by atoms with Gasteiger partial charge in [0.2, 0.25) is 0 Å². The van der Waals surface area contributed by atoms with E-state index in [1.807, 2.05) is 13.1 Å². The number of aliphatic hydroxyl groups is 1. The van der Waals surface area contributed by atoms with Crippen LogP contribution in [0.3, 0.4) is 0 Å². The summed E-state index contributed by atoms with van der Waals surface area (Å²) in [5.41, 5.74) is 0.688. The molecule has 2 rings (SSSR count). The van der Waals surface area contributed by atoms with Gasteiger partial charge >= 0.3 is 0 Å². The number of aliphatic hydroxyl groups excluding tert-OH is 1. The van der Waals surface area contributed by atoms with E-state index in [1.54, 1.807) is 36.0 Å². The van der Waals surface area contributed by atoms with Gasteiger partial charge < -0.3 is 9.84 Å². The van der Waals surface area contributed by atoms with Crippen molar-refractivity contribution in [1.82, 2.24) is 9.78 Å². The average Bonchev–Trinajstić information content (AvgIpc) is 2.76. The van der Waals surface area contributed by atoms with Crippen LogP contribution in [0.15, 0.2) is 30.6 Å². The molecule has 2 aromatic rings. The van der Waals surface area contributed by atoms with Gasteiger partial charge in [0, 0.05) is 6.54 Å². The standard InChI is InChI=1S/C13H15ClN2O2/c1-3-16-8-11(7-15-16)18-10-4-5-12(9(2)17)13(14)6-10/h4-9,17H,3H2,1-2H3. The van der Waals surface area contributed by atoms with Crippen LogP contribution in [-0.4, -0.2) is 14.9 Å². The molecule has 18 heavy (non-hydrogen) atoms. The van der Waals surface area contributed by atoms with Gasteiger partial charge in [0.15, 0.2) is 5.75 Å². The van der Waals surface area contributed by atoms with Crippen LogP contribution in [0.4, 0.5) is 0 Å². The molecule has 0 radical (unpaired) electrons. The molecule has 1 N–H and O–H groups in total. The molecule has 96 valence electrons. The lowest BCUT2D eigenvalue weighted by Crippen LogP contribution is -1.93. The Balaban J connectivity index is 2.17. The van der Waals surface area contributed by atoms with E-state index in [1.165, 1.54) is 0 Å². The number of rotatable bonds is 4. The van der Waals surface area contributed by atoms with Crippen molar-refractivity contribution < 1.29 is 9.84 Å². The van der Waals surface area contributed by atoms with Crippen molar-refractivity contribution in [2.75, 3.05) is 0 Å². The molecule has 1 unspecified atom stereocenters. The predicted molar refractivity (Wildman–Crippen MR) is 70.1 cm³/mol. The van der Waals surface area contributed by atoms with Gasteiger partial charge in [-0.05, 0) is 31.5 Å². The van der Waals surface area contributed by atoms with Crippen molar-refractivity contribution in [2.24, 2.45) is 0 Å². The molecule has 0 amide bonds. The van der Waals surface area contributed by atoms with Gasteiger partial charge in [-0.15, -0.1) is 0 Å². The summed E-state index contributed by atoms with van der Waals surface area (Å²) in [7, 11) is 0. The van der Waals surface area contributed by atoms with E-state index in [4.69, 9.17) is 16.3 Å². The number of ether oxygens (including phenoxy) is 1. The Labute approximate surface area is 111 Å². The molecule has 0 spiro atoms. The molecule has 1 atom stereocenters. The highest BCUT2D eigenvalue weighted by Gasteiger charge is 2.08.